The average molecular weight is 514 g/mol. The lowest BCUT2D eigenvalue weighted by Gasteiger charge is -2.33. The van der Waals surface area contributed by atoms with E-state index >= 15 is 0 Å². The van der Waals surface area contributed by atoms with E-state index in [0.717, 1.165) is 58.0 Å². The molecule has 3 aliphatic rings. The number of carbonyl (C=O) groups excluding carboxylic acids is 2. The summed E-state index contributed by atoms with van der Waals surface area (Å²) in [4.78, 5) is 27.4. The number of carbonyl (C=O) groups is 2. The zero-order chi connectivity index (χ0) is 26.8. The molecule has 2 amide bonds. The van der Waals surface area contributed by atoms with Gasteiger partial charge >= 0.3 is 12.2 Å². The second-order valence-electron chi connectivity index (χ2n) is 13.5. The SMILES string of the molecule is CC(C)(C)OC(=O)NC1CCC(NCC2(CN(C(=O)OC(C)(C)C)C3CC3c3ccccc3)CC2)CC1. The molecule has 2 unspecified atom stereocenters. The topological polar surface area (TPSA) is 79.9 Å². The predicted molar refractivity (Wildman–Crippen MR) is 146 cm³/mol. The van der Waals surface area contributed by atoms with E-state index in [2.05, 4.69) is 34.9 Å². The summed E-state index contributed by atoms with van der Waals surface area (Å²) in [6.45, 7) is 13.1. The van der Waals surface area contributed by atoms with Crippen LogP contribution < -0.4 is 10.6 Å². The van der Waals surface area contributed by atoms with Gasteiger partial charge in [0.05, 0.1) is 0 Å². The van der Waals surface area contributed by atoms with Crippen molar-refractivity contribution in [2.45, 2.75) is 122 Å². The van der Waals surface area contributed by atoms with Gasteiger partial charge in [-0.25, -0.2) is 9.59 Å². The highest BCUT2D eigenvalue weighted by molar-refractivity contribution is 5.70. The molecule has 1 aromatic carbocycles. The maximum absolute atomic E-state index is 13.3. The molecule has 0 bridgehead atoms. The van der Waals surface area contributed by atoms with Crippen molar-refractivity contribution in [3.05, 3.63) is 35.9 Å². The van der Waals surface area contributed by atoms with E-state index in [1.165, 1.54) is 5.56 Å². The van der Waals surface area contributed by atoms with Gasteiger partial charge in [-0.3, -0.25) is 0 Å². The van der Waals surface area contributed by atoms with Crippen molar-refractivity contribution >= 4 is 12.2 Å². The zero-order valence-electron chi connectivity index (χ0n) is 23.6. The van der Waals surface area contributed by atoms with Gasteiger partial charge in [0.25, 0.3) is 0 Å². The van der Waals surface area contributed by atoms with Crippen LogP contribution >= 0.6 is 0 Å². The predicted octanol–water partition coefficient (Wildman–Crippen LogP) is 5.99. The smallest absolute Gasteiger partial charge is 0.410 e. The number of nitrogens with one attached hydrogen (secondary N) is 2. The summed E-state index contributed by atoms with van der Waals surface area (Å²) in [7, 11) is 0. The molecule has 37 heavy (non-hydrogen) atoms. The Morgan fingerprint density at radius 3 is 2.08 bits per heavy atom. The van der Waals surface area contributed by atoms with Crippen molar-refractivity contribution in [3.63, 3.8) is 0 Å². The first-order valence-corrected chi connectivity index (χ1v) is 14.1. The lowest BCUT2D eigenvalue weighted by Crippen LogP contribution is -2.47. The highest BCUT2D eigenvalue weighted by Crippen LogP contribution is 2.51. The number of benzene rings is 1. The number of hydrogen-bond acceptors (Lipinski definition) is 5. The zero-order valence-corrected chi connectivity index (χ0v) is 23.6. The van der Waals surface area contributed by atoms with E-state index in [9.17, 15) is 9.59 Å². The summed E-state index contributed by atoms with van der Waals surface area (Å²) in [6.07, 6.45) is 6.74. The quantitative estimate of drug-likeness (QED) is 0.447. The van der Waals surface area contributed by atoms with Gasteiger partial charge in [0.15, 0.2) is 0 Å². The van der Waals surface area contributed by atoms with Crippen LogP contribution in [0.2, 0.25) is 0 Å². The molecule has 206 valence electrons. The fraction of sp³-hybridized carbons (Fsp3) is 0.733. The van der Waals surface area contributed by atoms with Gasteiger partial charge in [0.2, 0.25) is 0 Å². The van der Waals surface area contributed by atoms with E-state index in [1.54, 1.807) is 0 Å². The molecule has 3 aliphatic carbocycles. The standard InChI is InChI=1S/C30H47N3O4/c1-28(2,3)36-26(34)32-23-14-12-22(13-15-23)31-19-30(16-17-30)20-33(27(35)37-29(4,5)6)25-18-24(25)21-10-8-7-9-11-21/h7-11,22-25,31H,12-20H2,1-6H3,(H,32,34). The molecule has 4 rings (SSSR count). The minimum absolute atomic E-state index is 0.131. The third-order valence-corrected chi connectivity index (χ3v) is 7.69. The van der Waals surface area contributed by atoms with Gasteiger partial charge in [0.1, 0.15) is 11.2 Å². The average Bonchev–Trinajstić information content (AvgIpc) is 3.71. The Labute approximate surface area is 223 Å². The van der Waals surface area contributed by atoms with Crippen LogP contribution in [0.15, 0.2) is 30.3 Å². The molecule has 0 aliphatic heterocycles. The van der Waals surface area contributed by atoms with E-state index < -0.39 is 11.2 Å². The van der Waals surface area contributed by atoms with E-state index in [1.807, 2.05) is 52.5 Å². The van der Waals surface area contributed by atoms with Gasteiger partial charge in [-0.05, 0) is 92.1 Å². The largest absolute Gasteiger partial charge is 0.444 e. The molecule has 2 atom stereocenters. The third-order valence-electron chi connectivity index (χ3n) is 7.69. The summed E-state index contributed by atoms with van der Waals surface area (Å²) >= 11 is 0. The maximum Gasteiger partial charge on any atom is 0.410 e. The van der Waals surface area contributed by atoms with Crippen molar-refractivity contribution in [1.29, 1.82) is 0 Å². The Morgan fingerprint density at radius 2 is 1.51 bits per heavy atom. The molecule has 7 nitrogen and oxygen atoms in total. The molecule has 0 spiro atoms. The molecule has 1 aromatic rings. The number of amides is 2. The number of ether oxygens (including phenoxy) is 2. The Morgan fingerprint density at radius 1 is 0.919 bits per heavy atom. The second-order valence-corrected chi connectivity index (χ2v) is 13.5. The van der Waals surface area contributed by atoms with Crippen molar-refractivity contribution < 1.29 is 19.1 Å². The number of rotatable bonds is 8. The van der Waals surface area contributed by atoms with E-state index in [4.69, 9.17) is 9.47 Å². The van der Waals surface area contributed by atoms with Crippen LogP contribution in [0.1, 0.15) is 98.0 Å². The Balaban J connectivity index is 1.28. The number of nitrogens with zero attached hydrogens (tertiary/aromatic N) is 1. The fourth-order valence-electron chi connectivity index (χ4n) is 5.43. The van der Waals surface area contributed by atoms with Crippen LogP contribution in [0, 0.1) is 5.41 Å². The molecule has 3 saturated carbocycles. The van der Waals surface area contributed by atoms with Crippen molar-refractivity contribution in [3.8, 4) is 0 Å². The maximum atomic E-state index is 13.3. The van der Waals surface area contributed by atoms with E-state index in [0.29, 0.717) is 12.0 Å². The number of hydrogen-bond donors (Lipinski definition) is 2. The van der Waals surface area contributed by atoms with Gasteiger partial charge in [-0.1, -0.05) is 30.3 Å². The second kappa shape index (κ2) is 10.8. The Kier molecular flexibility index (Phi) is 8.13. The molecule has 0 saturated heterocycles. The highest BCUT2D eigenvalue weighted by atomic mass is 16.6. The Bertz CT molecular complexity index is 924. The van der Waals surface area contributed by atoms with Crippen molar-refractivity contribution in [2.24, 2.45) is 5.41 Å². The summed E-state index contributed by atoms with van der Waals surface area (Å²) in [5.41, 5.74) is 0.455. The molecule has 0 radical (unpaired) electrons. The van der Waals surface area contributed by atoms with Crippen LogP contribution in [0.3, 0.4) is 0 Å². The number of alkyl carbamates (subject to hydrolysis) is 1. The summed E-state index contributed by atoms with van der Waals surface area (Å²) in [5.74, 6) is 0.394. The molecular weight excluding hydrogens is 466 g/mol. The van der Waals surface area contributed by atoms with Crippen molar-refractivity contribution in [1.82, 2.24) is 15.5 Å². The monoisotopic (exact) mass is 513 g/mol. The highest BCUT2D eigenvalue weighted by Gasteiger charge is 2.52. The Hall–Kier alpha value is -2.28. The molecule has 0 heterocycles. The fourth-order valence-corrected chi connectivity index (χ4v) is 5.43. The summed E-state index contributed by atoms with van der Waals surface area (Å²) in [6, 6.07) is 11.4. The van der Waals surface area contributed by atoms with Crippen molar-refractivity contribution in [2.75, 3.05) is 13.1 Å². The van der Waals surface area contributed by atoms with Gasteiger partial charge in [0, 0.05) is 42.5 Å². The van der Waals surface area contributed by atoms with Crippen LogP contribution in [0.4, 0.5) is 9.59 Å². The summed E-state index contributed by atoms with van der Waals surface area (Å²) in [5, 5.41) is 6.84. The van der Waals surface area contributed by atoms with Crippen LogP contribution in [0.25, 0.3) is 0 Å². The van der Waals surface area contributed by atoms with Crippen LogP contribution in [-0.4, -0.2) is 59.5 Å². The molecule has 2 N–H and O–H groups in total. The molecule has 7 heteroatoms. The van der Waals surface area contributed by atoms with Gasteiger partial charge in [-0.15, -0.1) is 0 Å². The lowest BCUT2D eigenvalue weighted by molar-refractivity contribution is 0.0185. The molecule has 0 aromatic heterocycles. The first-order chi connectivity index (χ1) is 17.3. The van der Waals surface area contributed by atoms with Crippen LogP contribution in [0.5, 0.6) is 0 Å². The minimum atomic E-state index is -0.507. The van der Waals surface area contributed by atoms with Gasteiger partial charge in [-0.2, -0.15) is 0 Å². The summed E-state index contributed by atoms with van der Waals surface area (Å²) < 4.78 is 11.3. The molecule has 3 fully saturated rings. The van der Waals surface area contributed by atoms with E-state index in [-0.39, 0.29) is 29.7 Å². The first-order valence-electron chi connectivity index (χ1n) is 14.1. The lowest BCUT2D eigenvalue weighted by atomic mass is 9.90. The third kappa shape index (κ3) is 8.36. The minimum Gasteiger partial charge on any atom is -0.444 e. The van der Waals surface area contributed by atoms with Crippen LogP contribution in [-0.2, 0) is 9.47 Å². The molecular formula is C30H47N3O4. The van der Waals surface area contributed by atoms with Gasteiger partial charge < -0.3 is 25.0 Å². The first kappa shape index (κ1) is 27.7. The normalized spacial score (nSPS) is 26.6.